The molecule has 1 radical (unpaired) electrons. The molecule has 0 aromatic rings. The topological polar surface area (TPSA) is 17.1 Å². The molecule has 0 aromatic heterocycles. The van der Waals surface area contributed by atoms with Gasteiger partial charge >= 0.3 is 0 Å². The molecule has 0 aromatic carbocycles. The van der Waals surface area contributed by atoms with Gasteiger partial charge in [0.2, 0.25) is 6.29 Å². The fourth-order valence-corrected chi connectivity index (χ4v) is 1.09. The normalized spacial score (nSPS) is 12.1. The van der Waals surface area contributed by atoms with Gasteiger partial charge in [-0.1, -0.05) is 56.6 Å². The molecule has 0 aliphatic carbocycles. The van der Waals surface area contributed by atoms with Crippen molar-refractivity contribution in [3.05, 3.63) is 36.5 Å². The summed E-state index contributed by atoms with van der Waals surface area (Å²) in [7, 11) is 0. The first-order valence-corrected chi connectivity index (χ1v) is 5.27. The predicted octanol–water partition coefficient (Wildman–Crippen LogP) is 3.74. The fraction of sp³-hybridized carbons (Fsp3) is 0.462. The number of hydrogen-bond donors (Lipinski definition) is 0. The van der Waals surface area contributed by atoms with Crippen LogP contribution in [-0.2, 0) is 4.79 Å². The van der Waals surface area contributed by atoms with Gasteiger partial charge in [-0.15, -0.1) is 0 Å². The van der Waals surface area contributed by atoms with E-state index >= 15 is 0 Å². The molecule has 1 heteroatoms. The highest BCUT2D eigenvalue weighted by Crippen LogP contribution is 2.02. The van der Waals surface area contributed by atoms with E-state index in [-0.39, 0.29) is 0 Å². The average molecular weight is 191 g/mol. The highest BCUT2D eigenvalue weighted by atomic mass is 16.1. The minimum Gasteiger partial charge on any atom is -0.286 e. The van der Waals surface area contributed by atoms with Crippen molar-refractivity contribution in [2.75, 3.05) is 0 Å². The Morgan fingerprint density at radius 1 is 1.00 bits per heavy atom. The van der Waals surface area contributed by atoms with Crippen LogP contribution in [0.1, 0.15) is 39.0 Å². The van der Waals surface area contributed by atoms with Crippen LogP contribution < -0.4 is 0 Å². The van der Waals surface area contributed by atoms with Crippen LogP contribution in [0, 0.1) is 0 Å². The van der Waals surface area contributed by atoms with Gasteiger partial charge in [0, 0.05) is 0 Å². The van der Waals surface area contributed by atoms with Crippen molar-refractivity contribution in [3.8, 4) is 0 Å². The SMILES string of the molecule is CCCCCCC=CC=CC=C[C]=O. The molecule has 0 spiro atoms. The Hall–Kier alpha value is -1.11. The first-order valence-electron chi connectivity index (χ1n) is 5.27. The molecule has 0 bridgehead atoms. The molecule has 0 unspecified atom stereocenters. The van der Waals surface area contributed by atoms with Crippen molar-refractivity contribution in [1.29, 1.82) is 0 Å². The number of allylic oxidation sites excluding steroid dienone is 6. The Balaban J connectivity index is 3.30. The second-order valence-corrected chi connectivity index (χ2v) is 3.14. The molecule has 14 heavy (non-hydrogen) atoms. The maximum atomic E-state index is 9.78. The van der Waals surface area contributed by atoms with E-state index in [2.05, 4.69) is 13.0 Å². The molecule has 77 valence electrons. The summed E-state index contributed by atoms with van der Waals surface area (Å²) in [5.74, 6) is 0. The van der Waals surface area contributed by atoms with E-state index in [0.29, 0.717) is 0 Å². The summed E-state index contributed by atoms with van der Waals surface area (Å²) in [6, 6.07) is 0. The summed E-state index contributed by atoms with van der Waals surface area (Å²) in [5, 5.41) is 0. The molecule has 0 saturated carbocycles. The summed E-state index contributed by atoms with van der Waals surface area (Å²) < 4.78 is 0. The summed E-state index contributed by atoms with van der Waals surface area (Å²) in [6.07, 6.45) is 19.0. The minimum atomic E-state index is 1.15. The van der Waals surface area contributed by atoms with Gasteiger partial charge < -0.3 is 0 Å². The van der Waals surface area contributed by atoms with Crippen LogP contribution in [0.5, 0.6) is 0 Å². The number of carbonyl (C=O) groups excluding carboxylic acids is 1. The van der Waals surface area contributed by atoms with E-state index in [1.165, 1.54) is 31.8 Å². The van der Waals surface area contributed by atoms with Crippen LogP contribution >= 0.6 is 0 Å². The average Bonchev–Trinajstić information content (AvgIpc) is 2.21. The molecule has 0 saturated heterocycles. The minimum absolute atomic E-state index is 1.15. The lowest BCUT2D eigenvalue weighted by Gasteiger charge is -1.92. The maximum Gasteiger partial charge on any atom is 0.225 e. The molecular weight excluding hydrogens is 172 g/mol. The van der Waals surface area contributed by atoms with Crippen molar-refractivity contribution < 1.29 is 4.79 Å². The predicted molar refractivity (Wildman–Crippen MR) is 61.9 cm³/mol. The Bertz CT molecular complexity index is 199. The number of hydrogen-bond acceptors (Lipinski definition) is 1. The fourth-order valence-electron chi connectivity index (χ4n) is 1.09. The van der Waals surface area contributed by atoms with Crippen molar-refractivity contribution >= 4 is 6.29 Å². The number of unbranched alkanes of at least 4 members (excludes halogenated alkanes) is 4. The lowest BCUT2D eigenvalue weighted by atomic mass is 10.1. The van der Waals surface area contributed by atoms with Gasteiger partial charge in [-0.2, -0.15) is 0 Å². The van der Waals surface area contributed by atoms with Gasteiger partial charge in [-0.25, -0.2) is 0 Å². The summed E-state index contributed by atoms with van der Waals surface area (Å²) >= 11 is 0. The molecule has 0 heterocycles. The third-order valence-corrected chi connectivity index (χ3v) is 1.86. The van der Waals surface area contributed by atoms with Gasteiger partial charge in [-0.3, -0.25) is 4.79 Å². The van der Waals surface area contributed by atoms with Crippen molar-refractivity contribution in [2.24, 2.45) is 0 Å². The molecule has 0 atom stereocenters. The standard InChI is InChI=1S/C13H19O/c1-2-3-4-5-6-7-8-9-10-11-12-13-14/h7-12H,2-6H2,1H3. The van der Waals surface area contributed by atoms with E-state index in [1.54, 1.807) is 12.4 Å². The highest BCUT2D eigenvalue weighted by Gasteiger charge is 1.82. The van der Waals surface area contributed by atoms with Crippen molar-refractivity contribution in [2.45, 2.75) is 39.0 Å². The molecule has 0 N–H and O–H groups in total. The van der Waals surface area contributed by atoms with Crippen LogP contribution in [0.15, 0.2) is 36.5 Å². The Morgan fingerprint density at radius 3 is 2.50 bits per heavy atom. The molecule has 0 rings (SSSR count). The second kappa shape index (κ2) is 11.9. The molecule has 0 aliphatic heterocycles. The smallest absolute Gasteiger partial charge is 0.225 e. The highest BCUT2D eigenvalue weighted by molar-refractivity contribution is 5.66. The maximum absolute atomic E-state index is 9.78. The van der Waals surface area contributed by atoms with Gasteiger partial charge in [0.25, 0.3) is 0 Å². The zero-order valence-corrected chi connectivity index (χ0v) is 8.91. The monoisotopic (exact) mass is 191 g/mol. The quantitative estimate of drug-likeness (QED) is 0.324. The Labute approximate surface area is 87.2 Å². The van der Waals surface area contributed by atoms with Gasteiger partial charge in [0.1, 0.15) is 0 Å². The molecule has 1 nitrogen and oxygen atoms in total. The molecular formula is C13H19O. The zero-order valence-electron chi connectivity index (χ0n) is 8.91. The lowest BCUT2D eigenvalue weighted by molar-refractivity contribution is 0.564. The van der Waals surface area contributed by atoms with E-state index in [1.807, 2.05) is 18.2 Å². The first-order chi connectivity index (χ1) is 6.91. The van der Waals surface area contributed by atoms with Crippen LogP contribution in [0.3, 0.4) is 0 Å². The zero-order chi connectivity index (χ0) is 10.5. The third-order valence-electron chi connectivity index (χ3n) is 1.86. The number of rotatable bonds is 8. The van der Waals surface area contributed by atoms with E-state index in [0.717, 1.165) is 6.42 Å². The largest absolute Gasteiger partial charge is 0.286 e. The summed E-state index contributed by atoms with van der Waals surface area (Å²) in [6.45, 7) is 2.22. The van der Waals surface area contributed by atoms with Gasteiger partial charge in [-0.05, 0) is 18.9 Å². The second-order valence-electron chi connectivity index (χ2n) is 3.14. The van der Waals surface area contributed by atoms with Crippen LogP contribution in [-0.4, -0.2) is 6.29 Å². The molecule has 0 amide bonds. The summed E-state index contributed by atoms with van der Waals surface area (Å²) in [4.78, 5) is 9.78. The van der Waals surface area contributed by atoms with Crippen molar-refractivity contribution in [3.63, 3.8) is 0 Å². The van der Waals surface area contributed by atoms with Crippen molar-refractivity contribution in [1.82, 2.24) is 0 Å². The first kappa shape index (κ1) is 12.9. The summed E-state index contributed by atoms with van der Waals surface area (Å²) in [5.41, 5.74) is 0. The Kier molecular flexibility index (Phi) is 10.9. The van der Waals surface area contributed by atoms with E-state index < -0.39 is 0 Å². The van der Waals surface area contributed by atoms with E-state index in [4.69, 9.17) is 0 Å². The van der Waals surface area contributed by atoms with E-state index in [9.17, 15) is 4.79 Å². The Morgan fingerprint density at radius 2 is 1.79 bits per heavy atom. The lowest BCUT2D eigenvalue weighted by Crippen LogP contribution is -1.72. The van der Waals surface area contributed by atoms with Crippen LogP contribution in [0.2, 0.25) is 0 Å². The van der Waals surface area contributed by atoms with Crippen LogP contribution in [0.25, 0.3) is 0 Å². The molecule has 0 aliphatic rings. The molecule has 0 fully saturated rings. The van der Waals surface area contributed by atoms with Gasteiger partial charge in [0.05, 0.1) is 0 Å². The van der Waals surface area contributed by atoms with Crippen LogP contribution in [0.4, 0.5) is 0 Å². The third kappa shape index (κ3) is 10.9. The van der Waals surface area contributed by atoms with Gasteiger partial charge in [0.15, 0.2) is 0 Å².